The van der Waals surface area contributed by atoms with E-state index < -0.39 is 0 Å². The molecule has 2 N–H and O–H groups in total. The van der Waals surface area contributed by atoms with Gasteiger partial charge in [0.1, 0.15) is 0 Å². The summed E-state index contributed by atoms with van der Waals surface area (Å²) in [5.41, 5.74) is 8.31. The van der Waals surface area contributed by atoms with E-state index in [0.29, 0.717) is 5.92 Å². The van der Waals surface area contributed by atoms with Crippen LogP contribution in [0.3, 0.4) is 0 Å². The van der Waals surface area contributed by atoms with Crippen molar-refractivity contribution in [1.82, 2.24) is 0 Å². The van der Waals surface area contributed by atoms with Crippen molar-refractivity contribution in [2.24, 2.45) is 11.7 Å². The molecule has 0 saturated heterocycles. The topological polar surface area (TPSA) is 26.0 Å². The van der Waals surface area contributed by atoms with Gasteiger partial charge in [-0.25, -0.2) is 0 Å². The molecular weight excluding hydrogens is 170 g/mol. The highest BCUT2D eigenvalue weighted by Crippen LogP contribution is 2.26. The molecule has 0 aliphatic rings. The lowest BCUT2D eigenvalue weighted by Crippen LogP contribution is -2.38. The zero-order chi connectivity index (χ0) is 10.8. The van der Waals surface area contributed by atoms with E-state index in [0.717, 1.165) is 5.56 Å². The van der Waals surface area contributed by atoms with Crippen LogP contribution in [0.5, 0.6) is 0 Å². The summed E-state index contributed by atoms with van der Waals surface area (Å²) in [4.78, 5) is 0. The van der Waals surface area contributed by atoms with Gasteiger partial charge in [0, 0.05) is 5.54 Å². The fraction of sp³-hybridized carbons (Fsp3) is 0.385. The highest BCUT2D eigenvalue weighted by atomic mass is 14.7. The summed E-state index contributed by atoms with van der Waals surface area (Å²) in [6.07, 6.45) is 1.84. The lowest BCUT2D eigenvalue weighted by molar-refractivity contribution is 0.350. The molecule has 0 spiro atoms. The minimum Gasteiger partial charge on any atom is -0.321 e. The van der Waals surface area contributed by atoms with E-state index in [1.165, 1.54) is 5.56 Å². The molecule has 1 aromatic rings. The Kier molecular flexibility index (Phi) is 3.12. The Morgan fingerprint density at radius 1 is 1.29 bits per heavy atom. The van der Waals surface area contributed by atoms with Crippen LogP contribution in [0.25, 0.3) is 6.08 Å². The number of rotatable bonds is 3. The van der Waals surface area contributed by atoms with Gasteiger partial charge in [0.2, 0.25) is 0 Å². The van der Waals surface area contributed by atoms with Crippen LogP contribution in [0.4, 0.5) is 0 Å². The molecule has 1 heteroatoms. The maximum Gasteiger partial charge on any atom is 0.0404 e. The average Bonchev–Trinajstić information content (AvgIpc) is 2.17. The molecule has 1 unspecified atom stereocenters. The smallest absolute Gasteiger partial charge is 0.0404 e. The average molecular weight is 189 g/mol. The third kappa shape index (κ3) is 2.05. The zero-order valence-corrected chi connectivity index (χ0v) is 9.25. The molecule has 0 amide bonds. The zero-order valence-electron chi connectivity index (χ0n) is 9.25. The first-order valence-electron chi connectivity index (χ1n) is 5.00. The van der Waals surface area contributed by atoms with Crippen LogP contribution in [-0.2, 0) is 5.54 Å². The molecule has 1 aromatic carbocycles. The van der Waals surface area contributed by atoms with Crippen LogP contribution < -0.4 is 5.73 Å². The standard InChI is InChI=1S/C13H19N/c1-5-11-6-8-12(9-7-11)13(4,14)10(2)3/h5-10H,1,14H2,2-4H3. The predicted octanol–water partition coefficient (Wildman–Crippen LogP) is 3.16. The Morgan fingerprint density at radius 3 is 2.14 bits per heavy atom. The van der Waals surface area contributed by atoms with Crippen molar-refractivity contribution in [2.75, 3.05) is 0 Å². The van der Waals surface area contributed by atoms with Gasteiger partial charge in [0.25, 0.3) is 0 Å². The van der Waals surface area contributed by atoms with Gasteiger partial charge in [0.05, 0.1) is 0 Å². The Balaban J connectivity index is 3.02. The molecule has 0 saturated carbocycles. The van der Waals surface area contributed by atoms with Crippen molar-refractivity contribution in [3.05, 3.63) is 42.0 Å². The molecule has 1 nitrogen and oxygen atoms in total. The van der Waals surface area contributed by atoms with Crippen molar-refractivity contribution < 1.29 is 0 Å². The van der Waals surface area contributed by atoms with Crippen LogP contribution >= 0.6 is 0 Å². The molecule has 0 aromatic heterocycles. The van der Waals surface area contributed by atoms with E-state index in [-0.39, 0.29) is 5.54 Å². The van der Waals surface area contributed by atoms with Crippen LogP contribution in [-0.4, -0.2) is 0 Å². The molecule has 14 heavy (non-hydrogen) atoms. The summed E-state index contributed by atoms with van der Waals surface area (Å²) in [5.74, 6) is 0.428. The third-order valence-corrected chi connectivity index (χ3v) is 2.97. The third-order valence-electron chi connectivity index (χ3n) is 2.97. The summed E-state index contributed by atoms with van der Waals surface area (Å²) in [6.45, 7) is 10.1. The fourth-order valence-corrected chi connectivity index (χ4v) is 1.31. The molecular formula is C13H19N. The lowest BCUT2D eigenvalue weighted by atomic mass is 9.82. The van der Waals surface area contributed by atoms with Gasteiger partial charge in [-0.1, -0.05) is 50.8 Å². The van der Waals surface area contributed by atoms with Crippen molar-refractivity contribution in [3.8, 4) is 0 Å². The molecule has 1 atom stereocenters. The quantitative estimate of drug-likeness (QED) is 0.776. The molecule has 0 aliphatic carbocycles. The van der Waals surface area contributed by atoms with Gasteiger partial charge < -0.3 is 5.73 Å². The Morgan fingerprint density at radius 2 is 1.79 bits per heavy atom. The van der Waals surface area contributed by atoms with E-state index in [1.807, 2.05) is 6.08 Å². The first-order valence-corrected chi connectivity index (χ1v) is 5.00. The lowest BCUT2D eigenvalue weighted by Gasteiger charge is -2.29. The van der Waals surface area contributed by atoms with Crippen molar-refractivity contribution in [2.45, 2.75) is 26.3 Å². The second-order valence-corrected chi connectivity index (χ2v) is 4.26. The molecule has 0 fully saturated rings. The van der Waals surface area contributed by atoms with E-state index in [4.69, 9.17) is 5.73 Å². The first kappa shape index (κ1) is 11.0. The van der Waals surface area contributed by atoms with Crippen LogP contribution in [0.1, 0.15) is 31.9 Å². The summed E-state index contributed by atoms with van der Waals surface area (Å²) in [5, 5.41) is 0. The van der Waals surface area contributed by atoms with Crippen molar-refractivity contribution in [3.63, 3.8) is 0 Å². The highest BCUT2D eigenvalue weighted by molar-refractivity contribution is 5.47. The normalized spacial score (nSPS) is 15.2. The number of nitrogens with two attached hydrogens (primary N) is 1. The Bertz CT molecular complexity index is 307. The van der Waals surface area contributed by atoms with Gasteiger partial charge in [-0.15, -0.1) is 0 Å². The molecule has 76 valence electrons. The van der Waals surface area contributed by atoms with Crippen molar-refractivity contribution in [1.29, 1.82) is 0 Å². The predicted molar refractivity (Wildman–Crippen MR) is 62.9 cm³/mol. The Labute approximate surface area is 86.6 Å². The number of hydrogen-bond donors (Lipinski definition) is 1. The first-order chi connectivity index (χ1) is 6.48. The van der Waals surface area contributed by atoms with E-state index >= 15 is 0 Å². The van der Waals surface area contributed by atoms with E-state index in [9.17, 15) is 0 Å². The molecule has 1 rings (SSSR count). The van der Waals surface area contributed by atoms with E-state index in [2.05, 4.69) is 51.6 Å². The largest absolute Gasteiger partial charge is 0.321 e. The fourth-order valence-electron chi connectivity index (χ4n) is 1.31. The van der Waals surface area contributed by atoms with E-state index in [1.54, 1.807) is 0 Å². The highest BCUT2D eigenvalue weighted by Gasteiger charge is 2.24. The van der Waals surface area contributed by atoms with Crippen LogP contribution in [0.2, 0.25) is 0 Å². The monoisotopic (exact) mass is 189 g/mol. The molecule has 0 aliphatic heterocycles. The van der Waals surface area contributed by atoms with Gasteiger partial charge in [0.15, 0.2) is 0 Å². The second kappa shape index (κ2) is 3.97. The molecule has 0 bridgehead atoms. The maximum atomic E-state index is 6.25. The van der Waals surface area contributed by atoms with Crippen molar-refractivity contribution >= 4 is 6.08 Å². The summed E-state index contributed by atoms with van der Waals surface area (Å²) in [7, 11) is 0. The number of hydrogen-bond acceptors (Lipinski definition) is 1. The van der Waals surface area contributed by atoms with Gasteiger partial charge >= 0.3 is 0 Å². The van der Waals surface area contributed by atoms with Gasteiger partial charge in [-0.3, -0.25) is 0 Å². The molecule has 0 heterocycles. The minimum absolute atomic E-state index is 0.250. The summed E-state index contributed by atoms with van der Waals surface area (Å²) >= 11 is 0. The summed E-state index contributed by atoms with van der Waals surface area (Å²) in [6, 6.07) is 8.26. The second-order valence-electron chi connectivity index (χ2n) is 4.26. The Hall–Kier alpha value is -1.08. The SMILES string of the molecule is C=Cc1ccc(C(C)(N)C(C)C)cc1. The minimum atomic E-state index is -0.250. The van der Waals surface area contributed by atoms with Gasteiger partial charge in [-0.05, 0) is 24.0 Å². The van der Waals surface area contributed by atoms with Crippen LogP contribution in [0, 0.1) is 5.92 Å². The van der Waals surface area contributed by atoms with Crippen LogP contribution in [0.15, 0.2) is 30.8 Å². The number of benzene rings is 1. The maximum absolute atomic E-state index is 6.25. The molecule has 0 radical (unpaired) electrons. The van der Waals surface area contributed by atoms with Gasteiger partial charge in [-0.2, -0.15) is 0 Å². The summed E-state index contributed by atoms with van der Waals surface area (Å²) < 4.78 is 0.